The minimum Gasteiger partial charge on any atom is -0.444 e. The molecule has 0 radical (unpaired) electrons. The lowest BCUT2D eigenvalue weighted by Crippen LogP contribution is -2.31. The number of esters is 1. The highest BCUT2D eigenvalue weighted by Crippen LogP contribution is 2.20. The third kappa shape index (κ3) is 4.57. The molecule has 0 aromatic heterocycles. The third-order valence-corrected chi connectivity index (χ3v) is 3.88. The first kappa shape index (κ1) is 17.4. The molecular formula is C22H19NO3. The molecule has 0 aliphatic carbocycles. The fraction of sp³-hybridized carbons (Fsp3) is 0.0909. The van der Waals surface area contributed by atoms with Crippen LogP contribution in [0.25, 0.3) is 0 Å². The Balaban J connectivity index is 1.75. The molecule has 0 heterocycles. The molecule has 0 saturated carbocycles. The van der Waals surface area contributed by atoms with Gasteiger partial charge in [-0.3, -0.25) is 4.79 Å². The fourth-order valence-electron chi connectivity index (χ4n) is 2.53. The number of ether oxygens (including phenoxy) is 1. The molecular weight excluding hydrogens is 326 g/mol. The van der Waals surface area contributed by atoms with Crippen molar-refractivity contribution in [2.24, 2.45) is 0 Å². The van der Waals surface area contributed by atoms with Crippen LogP contribution in [0, 0.1) is 0 Å². The van der Waals surface area contributed by atoms with Crippen LogP contribution in [0.15, 0.2) is 91.0 Å². The van der Waals surface area contributed by atoms with E-state index in [0.717, 1.165) is 5.56 Å². The molecule has 130 valence electrons. The first-order valence-corrected chi connectivity index (χ1v) is 8.36. The minimum absolute atomic E-state index is 0.357. The number of nitrogens with one attached hydrogen (secondary N) is 1. The summed E-state index contributed by atoms with van der Waals surface area (Å²) in [5.74, 6) is -0.890. The molecule has 0 spiro atoms. The smallest absolute Gasteiger partial charge is 0.339 e. The Labute approximate surface area is 152 Å². The Bertz CT molecular complexity index is 848. The maximum Gasteiger partial charge on any atom is 0.339 e. The summed E-state index contributed by atoms with van der Waals surface area (Å²) < 4.78 is 5.52. The van der Waals surface area contributed by atoms with E-state index >= 15 is 0 Å². The van der Waals surface area contributed by atoms with Crippen molar-refractivity contribution in [3.8, 4) is 0 Å². The monoisotopic (exact) mass is 345 g/mol. The van der Waals surface area contributed by atoms with Gasteiger partial charge in [0.15, 0.2) is 0 Å². The molecule has 3 aromatic carbocycles. The van der Waals surface area contributed by atoms with Crippen molar-refractivity contribution in [1.29, 1.82) is 0 Å². The molecule has 3 rings (SSSR count). The van der Waals surface area contributed by atoms with E-state index in [1.54, 1.807) is 36.4 Å². The molecule has 0 bridgehead atoms. The number of amides is 1. The van der Waals surface area contributed by atoms with Crippen molar-refractivity contribution in [3.05, 3.63) is 108 Å². The molecule has 0 saturated heterocycles. The van der Waals surface area contributed by atoms with Crippen LogP contribution in [0.4, 0.5) is 0 Å². The SMILES string of the molecule is O=C(O[C@@H](C(=O)NCc1ccccc1)c1ccccc1)c1ccccc1. The van der Waals surface area contributed by atoms with E-state index in [4.69, 9.17) is 4.74 Å². The van der Waals surface area contributed by atoms with Gasteiger partial charge in [0, 0.05) is 12.1 Å². The number of hydrogen-bond donors (Lipinski definition) is 1. The van der Waals surface area contributed by atoms with Gasteiger partial charge in [-0.1, -0.05) is 78.9 Å². The van der Waals surface area contributed by atoms with E-state index < -0.39 is 12.1 Å². The molecule has 4 nitrogen and oxygen atoms in total. The van der Waals surface area contributed by atoms with E-state index in [1.807, 2.05) is 54.6 Å². The number of rotatable bonds is 6. The van der Waals surface area contributed by atoms with E-state index in [9.17, 15) is 9.59 Å². The summed E-state index contributed by atoms with van der Waals surface area (Å²) in [6, 6.07) is 27.2. The summed E-state index contributed by atoms with van der Waals surface area (Å²) in [5, 5.41) is 2.84. The van der Waals surface area contributed by atoms with Crippen molar-refractivity contribution >= 4 is 11.9 Å². The topological polar surface area (TPSA) is 55.4 Å². The second-order valence-corrected chi connectivity index (χ2v) is 5.77. The largest absolute Gasteiger partial charge is 0.444 e. The fourth-order valence-corrected chi connectivity index (χ4v) is 2.53. The van der Waals surface area contributed by atoms with Crippen LogP contribution in [0.5, 0.6) is 0 Å². The van der Waals surface area contributed by atoms with Crippen LogP contribution in [0.2, 0.25) is 0 Å². The first-order chi connectivity index (χ1) is 12.7. The normalized spacial score (nSPS) is 11.4. The lowest BCUT2D eigenvalue weighted by molar-refractivity contribution is -0.130. The zero-order valence-corrected chi connectivity index (χ0v) is 14.2. The van der Waals surface area contributed by atoms with E-state index in [1.165, 1.54) is 0 Å². The molecule has 1 amide bonds. The summed E-state index contributed by atoms with van der Waals surface area (Å²) in [5.41, 5.74) is 2.01. The average molecular weight is 345 g/mol. The van der Waals surface area contributed by atoms with Crippen LogP contribution in [-0.2, 0) is 16.1 Å². The van der Waals surface area contributed by atoms with Gasteiger partial charge in [-0.2, -0.15) is 0 Å². The molecule has 4 heteroatoms. The Morgan fingerprint density at radius 1 is 0.769 bits per heavy atom. The van der Waals surface area contributed by atoms with Crippen LogP contribution in [-0.4, -0.2) is 11.9 Å². The van der Waals surface area contributed by atoms with Gasteiger partial charge in [-0.05, 0) is 17.7 Å². The maximum atomic E-state index is 12.7. The minimum atomic E-state index is -1.01. The summed E-state index contributed by atoms with van der Waals surface area (Å²) in [6.45, 7) is 0.367. The zero-order valence-electron chi connectivity index (χ0n) is 14.2. The Morgan fingerprint density at radius 2 is 1.31 bits per heavy atom. The van der Waals surface area contributed by atoms with Crippen molar-refractivity contribution in [1.82, 2.24) is 5.32 Å². The number of benzene rings is 3. The third-order valence-electron chi connectivity index (χ3n) is 3.88. The Hall–Kier alpha value is -3.40. The predicted molar refractivity (Wildman–Crippen MR) is 99.3 cm³/mol. The van der Waals surface area contributed by atoms with Crippen molar-refractivity contribution in [2.75, 3.05) is 0 Å². The van der Waals surface area contributed by atoms with E-state index in [2.05, 4.69) is 5.32 Å². The molecule has 26 heavy (non-hydrogen) atoms. The zero-order chi connectivity index (χ0) is 18.2. The molecule has 0 fully saturated rings. The van der Waals surface area contributed by atoms with Gasteiger partial charge < -0.3 is 10.1 Å². The van der Waals surface area contributed by atoms with Gasteiger partial charge in [0.05, 0.1) is 5.56 Å². The van der Waals surface area contributed by atoms with Crippen LogP contribution >= 0.6 is 0 Å². The molecule has 0 aliphatic rings. The molecule has 0 unspecified atom stereocenters. The highest BCUT2D eigenvalue weighted by atomic mass is 16.5. The van der Waals surface area contributed by atoms with Crippen LogP contribution in [0.3, 0.4) is 0 Å². The highest BCUT2D eigenvalue weighted by Gasteiger charge is 2.25. The predicted octanol–water partition coefficient (Wildman–Crippen LogP) is 3.90. The summed E-state index contributed by atoms with van der Waals surface area (Å²) in [7, 11) is 0. The number of carbonyl (C=O) groups is 2. The van der Waals surface area contributed by atoms with Gasteiger partial charge in [-0.15, -0.1) is 0 Å². The second kappa shape index (κ2) is 8.62. The quantitative estimate of drug-likeness (QED) is 0.689. The first-order valence-electron chi connectivity index (χ1n) is 8.36. The highest BCUT2D eigenvalue weighted by molar-refractivity contribution is 5.92. The molecule has 1 N–H and O–H groups in total. The van der Waals surface area contributed by atoms with E-state index in [-0.39, 0.29) is 5.91 Å². The standard InChI is InChI=1S/C22H19NO3/c24-21(23-16-17-10-4-1-5-11-17)20(18-12-6-2-7-13-18)26-22(25)19-14-8-3-9-15-19/h1-15,20H,16H2,(H,23,24)/t20-/m1/s1. The van der Waals surface area contributed by atoms with Crippen LogP contribution in [0.1, 0.15) is 27.6 Å². The Kier molecular flexibility index (Phi) is 5.78. The van der Waals surface area contributed by atoms with Gasteiger partial charge in [0.1, 0.15) is 0 Å². The molecule has 1 atom stereocenters. The summed E-state index contributed by atoms with van der Waals surface area (Å²) >= 11 is 0. The van der Waals surface area contributed by atoms with Crippen molar-refractivity contribution in [3.63, 3.8) is 0 Å². The lowest BCUT2D eigenvalue weighted by atomic mass is 10.1. The van der Waals surface area contributed by atoms with Crippen molar-refractivity contribution in [2.45, 2.75) is 12.6 Å². The average Bonchev–Trinajstić information content (AvgIpc) is 2.72. The van der Waals surface area contributed by atoms with Gasteiger partial charge in [-0.25, -0.2) is 4.79 Å². The van der Waals surface area contributed by atoms with Gasteiger partial charge >= 0.3 is 5.97 Å². The van der Waals surface area contributed by atoms with Gasteiger partial charge in [0.2, 0.25) is 6.10 Å². The number of hydrogen-bond acceptors (Lipinski definition) is 3. The maximum absolute atomic E-state index is 12.7. The van der Waals surface area contributed by atoms with Gasteiger partial charge in [0.25, 0.3) is 5.91 Å². The molecule has 0 aliphatic heterocycles. The number of carbonyl (C=O) groups excluding carboxylic acids is 2. The van der Waals surface area contributed by atoms with Crippen molar-refractivity contribution < 1.29 is 14.3 Å². The summed E-state index contributed by atoms with van der Waals surface area (Å²) in [6.07, 6.45) is -1.01. The summed E-state index contributed by atoms with van der Waals surface area (Å²) in [4.78, 5) is 25.1. The molecule has 3 aromatic rings. The van der Waals surface area contributed by atoms with E-state index in [0.29, 0.717) is 17.7 Å². The van der Waals surface area contributed by atoms with Crippen LogP contribution < -0.4 is 5.32 Å². The lowest BCUT2D eigenvalue weighted by Gasteiger charge is -2.18. The second-order valence-electron chi connectivity index (χ2n) is 5.77. The Morgan fingerprint density at radius 3 is 1.92 bits per heavy atom.